The van der Waals surface area contributed by atoms with Crippen LogP contribution in [0, 0.1) is 0 Å². The average molecular weight is 444 g/mol. The molecule has 7 heteroatoms. The zero-order valence-corrected chi connectivity index (χ0v) is 18.0. The monoisotopic (exact) mass is 443 g/mol. The second kappa shape index (κ2) is 9.02. The van der Waals surface area contributed by atoms with E-state index in [2.05, 4.69) is 28.8 Å². The lowest BCUT2D eigenvalue weighted by molar-refractivity contribution is -0.125. The molecule has 1 atom stereocenters. The summed E-state index contributed by atoms with van der Waals surface area (Å²) >= 11 is 12.0. The molecule has 2 aromatic rings. The molecule has 2 aliphatic rings. The van der Waals surface area contributed by atoms with Gasteiger partial charge in [0.15, 0.2) is 0 Å². The van der Waals surface area contributed by atoms with Crippen molar-refractivity contribution < 1.29 is 9.53 Å². The van der Waals surface area contributed by atoms with Crippen molar-refractivity contribution in [1.29, 1.82) is 0 Å². The summed E-state index contributed by atoms with van der Waals surface area (Å²) in [6.45, 7) is 6.29. The molecule has 2 aromatic carbocycles. The van der Waals surface area contributed by atoms with Crippen LogP contribution in [0.4, 0.5) is 5.69 Å². The van der Waals surface area contributed by atoms with Gasteiger partial charge in [-0.1, -0.05) is 35.8 Å². The van der Waals surface area contributed by atoms with Crippen LogP contribution in [0.2, 0.25) is 10.0 Å². The van der Waals surface area contributed by atoms with Gasteiger partial charge in [-0.3, -0.25) is 4.79 Å². The molecule has 1 amide bonds. The van der Waals surface area contributed by atoms with Crippen molar-refractivity contribution in [2.45, 2.75) is 19.1 Å². The highest BCUT2D eigenvalue weighted by molar-refractivity contribution is 6.42. The Bertz CT molecular complexity index is 961. The van der Waals surface area contributed by atoms with E-state index in [9.17, 15) is 4.79 Å². The van der Waals surface area contributed by atoms with Crippen LogP contribution >= 0.6 is 23.2 Å². The van der Waals surface area contributed by atoms with Gasteiger partial charge in [-0.25, -0.2) is 0 Å². The Morgan fingerprint density at radius 3 is 2.67 bits per heavy atom. The lowest BCUT2D eigenvalue weighted by Gasteiger charge is -2.26. The van der Waals surface area contributed by atoms with E-state index in [4.69, 9.17) is 27.9 Å². The summed E-state index contributed by atoms with van der Waals surface area (Å²) in [5.74, 6) is 0.799. The Balaban J connectivity index is 1.30. The quantitative estimate of drug-likeness (QED) is 0.594. The van der Waals surface area contributed by atoms with Gasteiger partial charge in [0.25, 0.3) is 0 Å². The summed E-state index contributed by atoms with van der Waals surface area (Å²) in [6.07, 6.45) is 6.53. The largest absolute Gasteiger partial charge is 0.489 e. The van der Waals surface area contributed by atoms with Crippen LogP contribution in [-0.2, 0) is 11.4 Å². The third-order valence-corrected chi connectivity index (χ3v) is 6.17. The summed E-state index contributed by atoms with van der Waals surface area (Å²) in [7, 11) is 0. The molecule has 0 unspecified atom stereocenters. The standard InChI is InChI=1S/C23H23Cl2N3O2/c1-2-23(29)26-10-9-19(14-26)28-12-11-27(16-28)18-4-6-20(7-5-18)30-15-17-3-8-21(24)22(25)13-17/h2-8,11-13,19H,1,9-10,14-16H2/t19-/m1/s1. The first-order valence-corrected chi connectivity index (χ1v) is 10.6. The van der Waals surface area contributed by atoms with Gasteiger partial charge >= 0.3 is 0 Å². The Labute approximate surface area is 186 Å². The van der Waals surface area contributed by atoms with E-state index in [1.165, 1.54) is 6.08 Å². The van der Waals surface area contributed by atoms with Gasteiger partial charge in [-0.15, -0.1) is 0 Å². The molecule has 2 heterocycles. The highest BCUT2D eigenvalue weighted by atomic mass is 35.5. The Morgan fingerprint density at radius 1 is 1.13 bits per heavy atom. The minimum Gasteiger partial charge on any atom is -0.489 e. The molecule has 4 rings (SSSR count). The third-order valence-electron chi connectivity index (χ3n) is 5.43. The number of carbonyl (C=O) groups excluding carboxylic acids is 1. The molecule has 1 fully saturated rings. The minimum atomic E-state index is 0.00833. The molecule has 156 valence electrons. The number of likely N-dealkylation sites (tertiary alicyclic amines) is 1. The van der Waals surface area contributed by atoms with Gasteiger partial charge in [0.2, 0.25) is 5.91 Å². The van der Waals surface area contributed by atoms with Gasteiger partial charge in [0.1, 0.15) is 12.4 Å². The lowest BCUT2D eigenvalue weighted by Crippen LogP contribution is -2.37. The van der Waals surface area contributed by atoms with Gasteiger partial charge in [0.05, 0.1) is 16.7 Å². The maximum Gasteiger partial charge on any atom is 0.246 e. The predicted molar refractivity (Wildman–Crippen MR) is 121 cm³/mol. The highest BCUT2D eigenvalue weighted by Gasteiger charge is 2.30. The van der Waals surface area contributed by atoms with E-state index in [0.29, 0.717) is 22.7 Å². The van der Waals surface area contributed by atoms with Crippen molar-refractivity contribution in [3.63, 3.8) is 0 Å². The van der Waals surface area contributed by atoms with Crippen molar-refractivity contribution in [2.75, 3.05) is 24.7 Å². The number of anilines is 1. The number of amides is 1. The molecule has 1 saturated heterocycles. The van der Waals surface area contributed by atoms with Crippen LogP contribution in [0.3, 0.4) is 0 Å². The average Bonchev–Trinajstić information content (AvgIpc) is 3.44. The normalized spacial score (nSPS) is 18.2. The lowest BCUT2D eigenvalue weighted by atomic mass is 10.2. The summed E-state index contributed by atoms with van der Waals surface area (Å²) in [6, 6.07) is 13.8. The molecule has 0 aromatic heterocycles. The van der Waals surface area contributed by atoms with Crippen LogP contribution in [0.1, 0.15) is 12.0 Å². The molecule has 0 spiro atoms. The minimum absolute atomic E-state index is 0.00833. The molecule has 5 nitrogen and oxygen atoms in total. The second-order valence-electron chi connectivity index (χ2n) is 7.39. The topological polar surface area (TPSA) is 36.0 Å². The van der Waals surface area contributed by atoms with Crippen molar-refractivity contribution in [2.24, 2.45) is 0 Å². The van der Waals surface area contributed by atoms with Crippen LogP contribution in [0.15, 0.2) is 67.5 Å². The molecule has 0 aliphatic carbocycles. The van der Waals surface area contributed by atoms with Crippen LogP contribution < -0.4 is 9.64 Å². The molecular weight excluding hydrogens is 421 g/mol. The summed E-state index contributed by atoms with van der Waals surface area (Å²) in [5.41, 5.74) is 2.06. The number of ether oxygens (including phenoxy) is 1. The fourth-order valence-corrected chi connectivity index (χ4v) is 4.03. The van der Waals surface area contributed by atoms with E-state index < -0.39 is 0 Å². The van der Waals surface area contributed by atoms with Gasteiger partial charge in [-0.05, 0) is 54.5 Å². The molecule has 0 saturated carbocycles. The van der Waals surface area contributed by atoms with Gasteiger partial charge in [-0.2, -0.15) is 0 Å². The summed E-state index contributed by atoms with van der Waals surface area (Å²) in [5, 5.41) is 1.06. The van der Waals surface area contributed by atoms with Gasteiger partial charge in [0, 0.05) is 37.2 Å². The van der Waals surface area contributed by atoms with Crippen molar-refractivity contribution in [3.8, 4) is 5.75 Å². The van der Waals surface area contributed by atoms with Crippen LogP contribution in [0.25, 0.3) is 0 Å². The molecule has 0 N–H and O–H groups in total. The third kappa shape index (κ3) is 4.58. The van der Waals surface area contributed by atoms with Crippen molar-refractivity contribution in [1.82, 2.24) is 9.80 Å². The Morgan fingerprint density at radius 2 is 1.93 bits per heavy atom. The number of nitrogens with zero attached hydrogens (tertiary/aromatic N) is 3. The summed E-state index contributed by atoms with van der Waals surface area (Å²) in [4.78, 5) is 18.1. The number of hydrogen-bond acceptors (Lipinski definition) is 4. The highest BCUT2D eigenvalue weighted by Crippen LogP contribution is 2.27. The molecular formula is C23H23Cl2N3O2. The maximum absolute atomic E-state index is 11.8. The Hall–Kier alpha value is -2.63. The predicted octanol–water partition coefficient (Wildman–Crippen LogP) is 4.91. The van der Waals surface area contributed by atoms with Crippen molar-refractivity contribution >= 4 is 34.8 Å². The number of rotatable bonds is 6. The molecule has 2 aliphatic heterocycles. The first-order valence-electron chi connectivity index (χ1n) is 9.82. The zero-order chi connectivity index (χ0) is 21.1. The van der Waals surface area contributed by atoms with Crippen LogP contribution in [0.5, 0.6) is 5.75 Å². The van der Waals surface area contributed by atoms with E-state index >= 15 is 0 Å². The van der Waals surface area contributed by atoms with Crippen molar-refractivity contribution in [3.05, 3.63) is 83.1 Å². The first-order chi connectivity index (χ1) is 14.5. The molecule has 0 radical (unpaired) electrons. The maximum atomic E-state index is 11.8. The fourth-order valence-electron chi connectivity index (χ4n) is 3.71. The zero-order valence-electron chi connectivity index (χ0n) is 16.5. The van der Waals surface area contributed by atoms with E-state index in [-0.39, 0.29) is 5.91 Å². The number of hydrogen-bond donors (Lipinski definition) is 0. The smallest absolute Gasteiger partial charge is 0.246 e. The first kappa shape index (κ1) is 20.6. The van der Waals surface area contributed by atoms with E-state index in [1.807, 2.05) is 41.3 Å². The number of halogens is 2. The SMILES string of the molecule is C=CC(=O)N1CC[C@@H](N2C=CN(c3ccc(OCc4ccc(Cl)c(Cl)c4)cc3)C2)C1. The molecule has 0 bridgehead atoms. The van der Waals surface area contributed by atoms with E-state index in [0.717, 1.165) is 43.2 Å². The van der Waals surface area contributed by atoms with E-state index in [1.54, 1.807) is 6.07 Å². The number of benzene rings is 2. The second-order valence-corrected chi connectivity index (χ2v) is 8.20. The molecule has 30 heavy (non-hydrogen) atoms. The summed E-state index contributed by atoms with van der Waals surface area (Å²) < 4.78 is 5.86. The van der Waals surface area contributed by atoms with Gasteiger partial charge < -0.3 is 19.4 Å². The fraction of sp³-hybridized carbons (Fsp3) is 0.261. The van der Waals surface area contributed by atoms with Crippen LogP contribution in [-0.4, -0.2) is 41.5 Å². The number of carbonyl (C=O) groups is 1. The Kier molecular flexibility index (Phi) is 6.21.